The second-order valence-corrected chi connectivity index (χ2v) is 4.41. The molecule has 1 aliphatic heterocycles. The van der Waals surface area contributed by atoms with Gasteiger partial charge in [-0.1, -0.05) is 0 Å². The van der Waals surface area contributed by atoms with E-state index in [2.05, 4.69) is 4.90 Å². The molecule has 0 saturated carbocycles. The fraction of sp³-hybridized carbons (Fsp3) is 0.462. The zero-order chi connectivity index (χ0) is 13.8. The average molecular weight is 265 g/mol. The summed E-state index contributed by atoms with van der Waals surface area (Å²) in [4.78, 5) is 14.4. The molecule has 19 heavy (non-hydrogen) atoms. The van der Waals surface area contributed by atoms with Gasteiger partial charge in [-0.05, 0) is 19.1 Å². The van der Waals surface area contributed by atoms with E-state index >= 15 is 0 Å². The number of hydrogen-bond acceptors (Lipinski definition) is 4. The topological polar surface area (TPSA) is 79.0 Å². The van der Waals surface area contributed by atoms with E-state index in [0.717, 1.165) is 5.69 Å². The van der Waals surface area contributed by atoms with Crippen molar-refractivity contribution in [2.24, 2.45) is 0 Å². The van der Waals surface area contributed by atoms with Gasteiger partial charge in [0.25, 0.3) is 0 Å². The van der Waals surface area contributed by atoms with Crippen LogP contribution in [0.2, 0.25) is 0 Å². The smallest absolute Gasteiger partial charge is 0.407 e. The minimum absolute atomic E-state index is 0.518. The molecule has 0 spiro atoms. The predicted octanol–water partition coefficient (Wildman–Crippen LogP) is 1.47. The molecule has 1 aromatic rings. The third-order valence-corrected chi connectivity index (χ3v) is 3.21. The van der Waals surface area contributed by atoms with E-state index in [-0.39, 0.29) is 0 Å². The summed E-state index contributed by atoms with van der Waals surface area (Å²) >= 11 is 0. The zero-order valence-corrected chi connectivity index (χ0v) is 11.0. The lowest BCUT2D eigenvalue weighted by molar-refractivity contribution is 0.142. The summed E-state index contributed by atoms with van der Waals surface area (Å²) in [6, 6.07) is 5.67. The monoisotopic (exact) mass is 265 g/mol. The van der Waals surface area contributed by atoms with E-state index in [1.54, 1.807) is 0 Å². The van der Waals surface area contributed by atoms with Gasteiger partial charge < -0.3 is 25.4 Å². The van der Waals surface area contributed by atoms with E-state index in [9.17, 15) is 4.79 Å². The molecule has 2 rings (SSSR count). The zero-order valence-electron chi connectivity index (χ0n) is 11.0. The Morgan fingerprint density at radius 1 is 1.37 bits per heavy atom. The molecule has 0 aromatic heterocycles. The number of nitrogens with zero attached hydrogens (tertiary/aromatic N) is 2. The van der Waals surface area contributed by atoms with Crippen molar-refractivity contribution in [3.8, 4) is 5.75 Å². The first-order valence-corrected chi connectivity index (χ1v) is 6.37. The lowest BCUT2D eigenvalue weighted by Gasteiger charge is -2.34. The van der Waals surface area contributed by atoms with E-state index < -0.39 is 6.09 Å². The highest BCUT2D eigenvalue weighted by Crippen LogP contribution is 2.28. The normalized spacial score (nSPS) is 15.4. The van der Waals surface area contributed by atoms with Crippen LogP contribution in [0.15, 0.2) is 18.2 Å². The SMILES string of the molecule is CCOc1cc(N2CCN(C(=O)O)CC2)ccc1N. The number of nitrogens with two attached hydrogens (primary N) is 1. The molecule has 0 atom stereocenters. The second-order valence-electron chi connectivity index (χ2n) is 4.41. The molecule has 1 aromatic carbocycles. The predicted molar refractivity (Wildman–Crippen MR) is 73.8 cm³/mol. The van der Waals surface area contributed by atoms with Crippen LogP contribution < -0.4 is 15.4 Å². The number of benzene rings is 1. The van der Waals surface area contributed by atoms with Gasteiger partial charge in [0.05, 0.1) is 12.3 Å². The van der Waals surface area contributed by atoms with E-state index in [4.69, 9.17) is 15.6 Å². The number of nitrogen functional groups attached to an aromatic ring is 1. The third-order valence-electron chi connectivity index (χ3n) is 3.21. The van der Waals surface area contributed by atoms with Crippen molar-refractivity contribution in [3.05, 3.63) is 18.2 Å². The summed E-state index contributed by atoms with van der Waals surface area (Å²) in [6.45, 7) is 4.88. The molecule has 0 unspecified atom stereocenters. The molecule has 1 heterocycles. The van der Waals surface area contributed by atoms with Gasteiger partial charge in [-0.25, -0.2) is 4.79 Å². The Balaban J connectivity index is 2.07. The van der Waals surface area contributed by atoms with Gasteiger partial charge in [0.2, 0.25) is 0 Å². The Kier molecular flexibility index (Phi) is 3.99. The van der Waals surface area contributed by atoms with E-state index in [0.29, 0.717) is 44.2 Å². The van der Waals surface area contributed by atoms with E-state index in [1.165, 1.54) is 4.90 Å². The van der Waals surface area contributed by atoms with Crippen molar-refractivity contribution >= 4 is 17.5 Å². The number of carboxylic acid groups (broad SMARTS) is 1. The molecule has 1 amide bonds. The standard InChI is InChI=1S/C13H19N3O3/c1-2-19-12-9-10(3-4-11(12)14)15-5-7-16(8-6-15)13(17)18/h3-4,9H,2,5-8,14H2,1H3,(H,17,18). The van der Waals surface area contributed by atoms with Crippen LogP contribution in [0.1, 0.15) is 6.92 Å². The number of ether oxygens (including phenoxy) is 1. The molecular weight excluding hydrogens is 246 g/mol. The van der Waals surface area contributed by atoms with Gasteiger partial charge in [-0.3, -0.25) is 0 Å². The quantitative estimate of drug-likeness (QED) is 0.809. The molecular formula is C13H19N3O3. The Labute approximate surface area is 112 Å². The molecule has 0 bridgehead atoms. The minimum Gasteiger partial charge on any atom is -0.492 e. The molecule has 6 heteroatoms. The Bertz CT molecular complexity index is 456. The van der Waals surface area contributed by atoms with Crippen molar-refractivity contribution in [2.45, 2.75) is 6.92 Å². The maximum absolute atomic E-state index is 10.9. The molecule has 1 fully saturated rings. The van der Waals surface area contributed by atoms with Gasteiger partial charge in [-0.2, -0.15) is 0 Å². The lowest BCUT2D eigenvalue weighted by Crippen LogP contribution is -2.48. The Morgan fingerprint density at radius 2 is 2.05 bits per heavy atom. The van der Waals surface area contributed by atoms with Crippen LogP contribution >= 0.6 is 0 Å². The first-order valence-electron chi connectivity index (χ1n) is 6.37. The van der Waals surface area contributed by atoms with Gasteiger partial charge in [0, 0.05) is 37.9 Å². The molecule has 0 aliphatic carbocycles. The first kappa shape index (κ1) is 13.3. The van der Waals surface area contributed by atoms with Crippen molar-refractivity contribution in [2.75, 3.05) is 43.4 Å². The summed E-state index contributed by atoms with van der Waals surface area (Å²) in [5, 5.41) is 8.92. The van der Waals surface area contributed by atoms with Crippen LogP contribution in [0.4, 0.5) is 16.2 Å². The third kappa shape index (κ3) is 3.01. The van der Waals surface area contributed by atoms with Gasteiger partial charge in [-0.15, -0.1) is 0 Å². The van der Waals surface area contributed by atoms with Crippen LogP contribution in [0, 0.1) is 0 Å². The highest BCUT2D eigenvalue weighted by molar-refractivity contribution is 5.66. The first-order chi connectivity index (χ1) is 9.11. The van der Waals surface area contributed by atoms with Crippen molar-refractivity contribution in [1.82, 2.24) is 4.90 Å². The van der Waals surface area contributed by atoms with Crippen molar-refractivity contribution in [3.63, 3.8) is 0 Å². The highest BCUT2D eigenvalue weighted by Gasteiger charge is 2.20. The molecule has 104 valence electrons. The van der Waals surface area contributed by atoms with Crippen molar-refractivity contribution in [1.29, 1.82) is 0 Å². The lowest BCUT2D eigenvalue weighted by atomic mass is 10.2. The average Bonchev–Trinajstić information content (AvgIpc) is 2.41. The summed E-state index contributed by atoms with van der Waals surface area (Å²) in [6.07, 6.45) is -0.855. The van der Waals surface area contributed by atoms with Crippen LogP contribution in [0.5, 0.6) is 5.75 Å². The fourth-order valence-electron chi connectivity index (χ4n) is 2.16. The number of piperazine rings is 1. The fourth-order valence-corrected chi connectivity index (χ4v) is 2.16. The Morgan fingerprint density at radius 3 is 2.63 bits per heavy atom. The van der Waals surface area contributed by atoms with Gasteiger partial charge in [0.1, 0.15) is 5.75 Å². The number of carbonyl (C=O) groups is 1. The molecule has 0 radical (unpaired) electrons. The molecule has 1 aliphatic rings. The summed E-state index contributed by atoms with van der Waals surface area (Å²) in [7, 11) is 0. The maximum Gasteiger partial charge on any atom is 0.407 e. The maximum atomic E-state index is 10.9. The summed E-state index contributed by atoms with van der Waals surface area (Å²) in [5.74, 6) is 0.681. The molecule has 6 nitrogen and oxygen atoms in total. The number of hydrogen-bond donors (Lipinski definition) is 2. The van der Waals surface area contributed by atoms with E-state index in [1.807, 2.05) is 25.1 Å². The Hall–Kier alpha value is -2.11. The van der Waals surface area contributed by atoms with Crippen molar-refractivity contribution < 1.29 is 14.6 Å². The molecule has 1 saturated heterocycles. The molecule has 3 N–H and O–H groups in total. The van der Waals surface area contributed by atoms with Crippen LogP contribution in [-0.4, -0.2) is 48.9 Å². The van der Waals surface area contributed by atoms with Gasteiger partial charge in [0.15, 0.2) is 0 Å². The van der Waals surface area contributed by atoms with Crippen LogP contribution in [0.25, 0.3) is 0 Å². The minimum atomic E-state index is -0.855. The van der Waals surface area contributed by atoms with Gasteiger partial charge >= 0.3 is 6.09 Å². The number of anilines is 2. The number of amides is 1. The number of rotatable bonds is 3. The highest BCUT2D eigenvalue weighted by atomic mass is 16.5. The largest absolute Gasteiger partial charge is 0.492 e. The van der Waals surface area contributed by atoms with Crippen LogP contribution in [-0.2, 0) is 0 Å². The second kappa shape index (κ2) is 5.69. The summed E-state index contributed by atoms with van der Waals surface area (Å²) in [5.41, 5.74) is 7.47. The van der Waals surface area contributed by atoms with Crippen LogP contribution in [0.3, 0.4) is 0 Å². The summed E-state index contributed by atoms with van der Waals surface area (Å²) < 4.78 is 5.47.